The predicted octanol–water partition coefficient (Wildman–Crippen LogP) is 1.74. The molecule has 0 atom stereocenters. The molecule has 0 spiro atoms. The van der Waals surface area contributed by atoms with Crippen molar-refractivity contribution < 1.29 is 0 Å². The number of terminal acetylenes is 1. The van der Waals surface area contributed by atoms with E-state index >= 15 is 0 Å². The Bertz CT molecular complexity index is 412. The largest absolute Gasteiger partial charge is 0.285 e. The Kier molecular flexibility index (Phi) is 5.05. The van der Waals surface area contributed by atoms with Crippen molar-refractivity contribution in [1.29, 1.82) is 5.26 Å². The van der Waals surface area contributed by atoms with Crippen LogP contribution in [0.2, 0.25) is 0 Å². The van der Waals surface area contributed by atoms with Crippen LogP contribution in [-0.4, -0.2) is 23.0 Å². The second-order valence-electron chi connectivity index (χ2n) is 3.59. The Labute approximate surface area is 96.7 Å². The summed E-state index contributed by atoms with van der Waals surface area (Å²) in [5.41, 5.74) is 1.99. The number of rotatable bonds is 5. The lowest BCUT2D eigenvalue weighted by Gasteiger charge is -2.17. The van der Waals surface area contributed by atoms with Crippen molar-refractivity contribution in [2.24, 2.45) is 0 Å². The molecule has 0 fully saturated rings. The SMILES string of the molecule is C#CCN(CCC#N)Cc1cccc(C)n1. The third kappa shape index (κ3) is 4.13. The highest BCUT2D eigenvalue weighted by Gasteiger charge is 2.05. The Morgan fingerprint density at radius 3 is 2.94 bits per heavy atom. The van der Waals surface area contributed by atoms with Gasteiger partial charge in [-0.25, -0.2) is 0 Å². The molecule has 0 aromatic carbocycles. The fourth-order valence-corrected chi connectivity index (χ4v) is 1.47. The van der Waals surface area contributed by atoms with Gasteiger partial charge in [0.25, 0.3) is 0 Å². The summed E-state index contributed by atoms with van der Waals surface area (Å²) in [7, 11) is 0. The quantitative estimate of drug-likeness (QED) is 0.699. The fourth-order valence-electron chi connectivity index (χ4n) is 1.47. The van der Waals surface area contributed by atoms with Crippen molar-refractivity contribution in [3.63, 3.8) is 0 Å². The highest BCUT2D eigenvalue weighted by Crippen LogP contribution is 2.03. The van der Waals surface area contributed by atoms with Gasteiger partial charge in [0.2, 0.25) is 0 Å². The fraction of sp³-hybridized carbons (Fsp3) is 0.385. The van der Waals surface area contributed by atoms with E-state index in [9.17, 15) is 0 Å². The smallest absolute Gasteiger partial charge is 0.0635 e. The number of hydrogen-bond donors (Lipinski definition) is 0. The van der Waals surface area contributed by atoms with Crippen molar-refractivity contribution in [2.45, 2.75) is 19.9 Å². The Morgan fingerprint density at radius 2 is 2.31 bits per heavy atom. The minimum atomic E-state index is 0.494. The molecule has 0 saturated carbocycles. The molecule has 0 unspecified atom stereocenters. The van der Waals surface area contributed by atoms with E-state index in [1.807, 2.05) is 30.0 Å². The Balaban J connectivity index is 2.61. The van der Waals surface area contributed by atoms with Crippen LogP contribution in [0.3, 0.4) is 0 Å². The molecule has 0 saturated heterocycles. The highest BCUT2D eigenvalue weighted by molar-refractivity contribution is 5.10. The average molecular weight is 213 g/mol. The summed E-state index contributed by atoms with van der Waals surface area (Å²) in [6.45, 7) is 3.91. The van der Waals surface area contributed by atoms with Crippen molar-refractivity contribution >= 4 is 0 Å². The molecule has 1 heterocycles. The topological polar surface area (TPSA) is 39.9 Å². The molecule has 3 nitrogen and oxygen atoms in total. The van der Waals surface area contributed by atoms with Gasteiger partial charge in [-0.15, -0.1) is 6.42 Å². The molecule has 0 aliphatic heterocycles. The molecule has 1 aromatic heterocycles. The Hall–Kier alpha value is -1.84. The van der Waals surface area contributed by atoms with Gasteiger partial charge in [0.05, 0.1) is 18.3 Å². The summed E-state index contributed by atoms with van der Waals surface area (Å²) in [4.78, 5) is 6.46. The zero-order chi connectivity index (χ0) is 11.8. The van der Waals surface area contributed by atoms with E-state index in [2.05, 4.69) is 17.0 Å². The average Bonchev–Trinajstić information content (AvgIpc) is 2.26. The van der Waals surface area contributed by atoms with Gasteiger partial charge in [0, 0.05) is 25.2 Å². The maximum atomic E-state index is 8.55. The minimum Gasteiger partial charge on any atom is -0.285 e. The third-order valence-corrected chi connectivity index (χ3v) is 2.19. The number of pyridine rings is 1. The van der Waals surface area contributed by atoms with Crippen LogP contribution in [0, 0.1) is 30.6 Å². The molecule has 1 rings (SSSR count). The summed E-state index contributed by atoms with van der Waals surface area (Å²) in [5, 5.41) is 8.55. The summed E-state index contributed by atoms with van der Waals surface area (Å²) in [5.74, 6) is 2.60. The van der Waals surface area contributed by atoms with Crippen LogP contribution in [0.1, 0.15) is 17.8 Å². The van der Waals surface area contributed by atoms with Crippen LogP contribution in [0.5, 0.6) is 0 Å². The molecule has 0 bridgehead atoms. The third-order valence-electron chi connectivity index (χ3n) is 2.19. The van der Waals surface area contributed by atoms with Crippen molar-refractivity contribution in [3.05, 3.63) is 29.6 Å². The predicted molar refractivity (Wildman–Crippen MR) is 63.3 cm³/mol. The summed E-state index contributed by atoms with van der Waals surface area (Å²) in [6.07, 6.45) is 5.78. The van der Waals surface area contributed by atoms with E-state index in [0.29, 0.717) is 26.1 Å². The molecule has 82 valence electrons. The van der Waals surface area contributed by atoms with Crippen molar-refractivity contribution in [1.82, 2.24) is 9.88 Å². The second kappa shape index (κ2) is 6.61. The molecule has 0 aliphatic carbocycles. The first kappa shape index (κ1) is 12.2. The van der Waals surface area contributed by atoms with Crippen LogP contribution in [-0.2, 0) is 6.54 Å². The molecular weight excluding hydrogens is 198 g/mol. The van der Waals surface area contributed by atoms with Crippen molar-refractivity contribution in [3.8, 4) is 18.4 Å². The van der Waals surface area contributed by atoms with Crippen LogP contribution in [0.15, 0.2) is 18.2 Å². The maximum Gasteiger partial charge on any atom is 0.0635 e. The van der Waals surface area contributed by atoms with Gasteiger partial charge in [0.1, 0.15) is 0 Å². The number of aromatic nitrogens is 1. The zero-order valence-corrected chi connectivity index (χ0v) is 9.48. The molecule has 0 amide bonds. The molecule has 16 heavy (non-hydrogen) atoms. The molecule has 1 aromatic rings. The van der Waals surface area contributed by atoms with Crippen LogP contribution in [0.4, 0.5) is 0 Å². The zero-order valence-electron chi connectivity index (χ0n) is 9.48. The van der Waals surface area contributed by atoms with E-state index in [1.54, 1.807) is 0 Å². The van der Waals surface area contributed by atoms with Gasteiger partial charge in [-0.1, -0.05) is 12.0 Å². The molecular formula is C13H15N3. The van der Waals surface area contributed by atoms with E-state index in [4.69, 9.17) is 11.7 Å². The highest BCUT2D eigenvalue weighted by atomic mass is 15.1. The summed E-state index contributed by atoms with van der Waals surface area (Å²) < 4.78 is 0. The van der Waals surface area contributed by atoms with E-state index in [-0.39, 0.29) is 0 Å². The maximum absolute atomic E-state index is 8.55. The van der Waals surface area contributed by atoms with Gasteiger partial charge in [-0.3, -0.25) is 9.88 Å². The first-order chi connectivity index (χ1) is 7.76. The Morgan fingerprint density at radius 1 is 1.50 bits per heavy atom. The van der Waals surface area contributed by atoms with E-state index < -0.39 is 0 Å². The van der Waals surface area contributed by atoms with Crippen LogP contribution < -0.4 is 0 Å². The minimum absolute atomic E-state index is 0.494. The molecule has 3 heteroatoms. The molecule has 0 radical (unpaired) electrons. The van der Waals surface area contributed by atoms with Crippen LogP contribution in [0.25, 0.3) is 0 Å². The molecule has 0 aliphatic rings. The van der Waals surface area contributed by atoms with Gasteiger partial charge in [0.15, 0.2) is 0 Å². The standard InChI is InChI=1S/C13H15N3/c1-3-9-16(10-5-8-14)11-13-7-4-6-12(2)15-13/h1,4,6-7H,5,9-11H2,2H3. The van der Waals surface area contributed by atoms with E-state index in [1.165, 1.54) is 0 Å². The summed E-state index contributed by atoms with van der Waals surface area (Å²) >= 11 is 0. The van der Waals surface area contributed by atoms with E-state index in [0.717, 1.165) is 11.4 Å². The lowest BCUT2D eigenvalue weighted by molar-refractivity contribution is 0.302. The lowest BCUT2D eigenvalue weighted by Crippen LogP contribution is -2.25. The number of nitriles is 1. The monoisotopic (exact) mass is 213 g/mol. The number of nitrogens with zero attached hydrogens (tertiary/aromatic N) is 3. The number of aryl methyl sites for hydroxylation is 1. The second-order valence-corrected chi connectivity index (χ2v) is 3.59. The van der Waals surface area contributed by atoms with Gasteiger partial charge < -0.3 is 0 Å². The van der Waals surface area contributed by atoms with Gasteiger partial charge in [-0.2, -0.15) is 5.26 Å². The van der Waals surface area contributed by atoms with Gasteiger partial charge >= 0.3 is 0 Å². The molecule has 0 N–H and O–H groups in total. The number of hydrogen-bond acceptors (Lipinski definition) is 3. The normalized spacial score (nSPS) is 9.75. The van der Waals surface area contributed by atoms with Crippen LogP contribution >= 0.6 is 0 Å². The first-order valence-corrected chi connectivity index (χ1v) is 5.21. The lowest BCUT2D eigenvalue weighted by atomic mass is 10.3. The van der Waals surface area contributed by atoms with Gasteiger partial charge in [-0.05, 0) is 19.1 Å². The first-order valence-electron chi connectivity index (χ1n) is 5.21. The van der Waals surface area contributed by atoms with Crippen molar-refractivity contribution in [2.75, 3.05) is 13.1 Å². The summed E-state index contributed by atoms with van der Waals surface area (Å²) in [6, 6.07) is 8.04.